The quantitative estimate of drug-likeness (QED) is 0.0272. The first-order valence-electron chi connectivity index (χ1n) is 28.9. The van der Waals surface area contributed by atoms with Gasteiger partial charge in [-0.05, 0) is 51.4 Å². The fourth-order valence-electron chi connectivity index (χ4n) is 8.54. The van der Waals surface area contributed by atoms with Gasteiger partial charge in [-0.1, -0.05) is 256 Å². The lowest BCUT2D eigenvalue weighted by molar-refractivity contribution is -0.870. The summed E-state index contributed by atoms with van der Waals surface area (Å²) in [6.07, 6.45) is 63.5. The lowest BCUT2D eigenvalue weighted by Crippen LogP contribution is -2.45. The molecule has 0 radical (unpaired) electrons. The van der Waals surface area contributed by atoms with Crippen LogP contribution in [0.3, 0.4) is 0 Å². The molecule has 0 aliphatic carbocycles. The van der Waals surface area contributed by atoms with E-state index < -0.39 is 20.0 Å². The zero-order chi connectivity index (χ0) is 49.2. The molecular formula is C58H113N2O6P. The van der Waals surface area contributed by atoms with Crippen LogP contribution in [-0.4, -0.2) is 68.5 Å². The minimum atomic E-state index is -4.60. The minimum Gasteiger partial charge on any atom is -0.756 e. The Labute approximate surface area is 417 Å². The number of carbonyl (C=O) groups excluding carboxylic acids is 1. The molecule has 0 saturated carbocycles. The van der Waals surface area contributed by atoms with E-state index in [1.807, 2.05) is 27.2 Å². The van der Waals surface area contributed by atoms with Gasteiger partial charge in [0.05, 0.1) is 39.9 Å². The first-order valence-corrected chi connectivity index (χ1v) is 30.3. The Kier molecular flexibility index (Phi) is 48.7. The number of likely N-dealkylation sites (N-methyl/N-ethyl adjacent to an activating group) is 1. The third-order valence-corrected chi connectivity index (χ3v) is 14.1. The van der Waals surface area contributed by atoms with Crippen LogP contribution in [0.15, 0.2) is 36.5 Å². The van der Waals surface area contributed by atoms with E-state index in [0.29, 0.717) is 17.4 Å². The van der Waals surface area contributed by atoms with Crippen LogP contribution in [0.4, 0.5) is 0 Å². The Balaban J connectivity index is 4.20. The average Bonchev–Trinajstić information content (AvgIpc) is 3.29. The number of amides is 1. The molecular weight excluding hydrogens is 852 g/mol. The molecule has 0 aliphatic rings. The maximum atomic E-state index is 13.0. The van der Waals surface area contributed by atoms with Crippen molar-refractivity contribution in [1.29, 1.82) is 0 Å². The first-order chi connectivity index (χ1) is 32.5. The first kappa shape index (κ1) is 65.7. The standard InChI is InChI=1S/C58H113N2O6P/c1-6-8-10-12-14-16-18-20-22-24-26-28-29-30-31-32-34-36-38-40-42-44-46-48-50-52-58(62)59-56(55-66-67(63,64)65-54-53-60(3,4)5)57(61)51-49-47-45-43-41-39-37-35-33-27-25-23-21-19-17-15-13-11-9-7-2/h18,20,24,26,49,51,56-57,61H,6-17,19,21-23,25,27-48,50,52-55H2,1-5H3,(H-,59,62,63,64)/b20-18-,26-24-,51-49+. The second kappa shape index (κ2) is 49.7. The van der Waals surface area contributed by atoms with Gasteiger partial charge in [-0.25, -0.2) is 0 Å². The third-order valence-electron chi connectivity index (χ3n) is 13.1. The lowest BCUT2D eigenvalue weighted by Gasteiger charge is -2.29. The Morgan fingerprint density at radius 2 is 0.866 bits per heavy atom. The van der Waals surface area contributed by atoms with Gasteiger partial charge >= 0.3 is 0 Å². The Hall–Kier alpha value is -1.28. The molecule has 3 atom stereocenters. The number of nitrogens with one attached hydrogen (secondary N) is 1. The fraction of sp³-hybridized carbons (Fsp3) is 0.879. The molecule has 67 heavy (non-hydrogen) atoms. The van der Waals surface area contributed by atoms with Crippen molar-refractivity contribution in [1.82, 2.24) is 5.32 Å². The van der Waals surface area contributed by atoms with Gasteiger partial charge in [-0.2, -0.15) is 0 Å². The minimum absolute atomic E-state index is 0.000264. The second-order valence-electron chi connectivity index (χ2n) is 21.0. The maximum Gasteiger partial charge on any atom is 0.268 e. The number of nitrogens with zero attached hydrogens (tertiary/aromatic N) is 1. The number of rotatable bonds is 53. The fourth-order valence-corrected chi connectivity index (χ4v) is 9.26. The molecule has 0 saturated heterocycles. The number of aliphatic hydroxyl groups is 1. The SMILES string of the molecule is CCCCCCC/C=C\C/C=C\CCCCCCCCCCCCCCCC(=O)NC(COP(=O)([O-])OCC[N+](C)(C)C)C(O)/C=C/CCCCCCCCCCCCCCCCCCCC. The topological polar surface area (TPSA) is 108 Å². The predicted octanol–water partition coefficient (Wildman–Crippen LogP) is 16.7. The number of unbranched alkanes of at least 4 members (excludes halogenated alkanes) is 36. The van der Waals surface area contributed by atoms with E-state index >= 15 is 0 Å². The summed E-state index contributed by atoms with van der Waals surface area (Å²) < 4.78 is 23.4. The van der Waals surface area contributed by atoms with E-state index in [1.165, 1.54) is 212 Å². The summed E-state index contributed by atoms with van der Waals surface area (Å²) in [6, 6.07) is -0.887. The molecule has 0 spiro atoms. The highest BCUT2D eigenvalue weighted by Gasteiger charge is 2.23. The highest BCUT2D eigenvalue weighted by molar-refractivity contribution is 7.45. The van der Waals surface area contributed by atoms with Crippen molar-refractivity contribution in [3.63, 3.8) is 0 Å². The Morgan fingerprint density at radius 1 is 0.522 bits per heavy atom. The van der Waals surface area contributed by atoms with Gasteiger partial charge in [0.15, 0.2) is 0 Å². The van der Waals surface area contributed by atoms with E-state index in [1.54, 1.807) is 6.08 Å². The van der Waals surface area contributed by atoms with E-state index in [4.69, 9.17) is 9.05 Å². The lowest BCUT2D eigenvalue weighted by atomic mass is 10.0. The third kappa shape index (κ3) is 52.4. The van der Waals surface area contributed by atoms with E-state index in [-0.39, 0.29) is 19.1 Å². The van der Waals surface area contributed by atoms with Crippen LogP contribution in [0.1, 0.15) is 277 Å². The normalized spacial score (nSPS) is 14.2. The molecule has 2 N–H and O–H groups in total. The van der Waals surface area contributed by atoms with Crippen molar-refractivity contribution in [2.75, 3.05) is 40.9 Å². The summed E-state index contributed by atoms with van der Waals surface area (Å²) >= 11 is 0. The number of phosphoric acid groups is 1. The van der Waals surface area contributed by atoms with Crippen molar-refractivity contribution in [2.45, 2.75) is 289 Å². The number of phosphoric ester groups is 1. The van der Waals surface area contributed by atoms with Crippen molar-refractivity contribution < 1.29 is 32.9 Å². The van der Waals surface area contributed by atoms with Crippen molar-refractivity contribution in [3.05, 3.63) is 36.5 Å². The van der Waals surface area contributed by atoms with Gasteiger partial charge in [0.25, 0.3) is 7.82 Å². The van der Waals surface area contributed by atoms with Gasteiger partial charge < -0.3 is 28.8 Å². The van der Waals surface area contributed by atoms with Gasteiger partial charge in [-0.3, -0.25) is 9.36 Å². The predicted molar refractivity (Wildman–Crippen MR) is 288 cm³/mol. The van der Waals surface area contributed by atoms with Crippen molar-refractivity contribution in [3.8, 4) is 0 Å². The molecule has 9 heteroatoms. The van der Waals surface area contributed by atoms with Crippen molar-refractivity contribution in [2.24, 2.45) is 0 Å². The monoisotopic (exact) mass is 965 g/mol. The van der Waals surface area contributed by atoms with Gasteiger partial charge in [0.2, 0.25) is 5.91 Å². The molecule has 1 amide bonds. The molecule has 3 unspecified atom stereocenters. The number of hydrogen-bond donors (Lipinski definition) is 2. The number of hydrogen-bond acceptors (Lipinski definition) is 6. The summed E-state index contributed by atoms with van der Waals surface area (Å²) in [5.41, 5.74) is 0. The molecule has 0 aliphatic heterocycles. The number of quaternary nitrogens is 1. The summed E-state index contributed by atoms with van der Waals surface area (Å²) in [5.74, 6) is -0.195. The smallest absolute Gasteiger partial charge is 0.268 e. The number of carbonyl (C=O) groups is 1. The van der Waals surface area contributed by atoms with E-state index in [9.17, 15) is 19.4 Å². The molecule has 0 fully saturated rings. The molecule has 0 rings (SSSR count). The maximum absolute atomic E-state index is 13.0. The van der Waals surface area contributed by atoms with E-state index in [2.05, 4.69) is 43.5 Å². The number of allylic oxidation sites excluding steroid dienone is 5. The summed E-state index contributed by atoms with van der Waals surface area (Å²) in [5, 5.41) is 13.9. The Bertz CT molecular complexity index is 1190. The molecule has 8 nitrogen and oxygen atoms in total. The van der Waals surface area contributed by atoms with Crippen LogP contribution in [0, 0.1) is 0 Å². The Morgan fingerprint density at radius 3 is 1.24 bits per heavy atom. The zero-order valence-electron chi connectivity index (χ0n) is 45.1. The summed E-state index contributed by atoms with van der Waals surface area (Å²) in [7, 11) is 1.27. The van der Waals surface area contributed by atoms with Crippen LogP contribution in [-0.2, 0) is 18.4 Å². The number of aliphatic hydroxyl groups excluding tert-OH is 1. The second-order valence-corrected chi connectivity index (χ2v) is 22.4. The average molecular weight is 966 g/mol. The van der Waals surface area contributed by atoms with Crippen LogP contribution < -0.4 is 10.2 Å². The highest BCUT2D eigenvalue weighted by Crippen LogP contribution is 2.38. The van der Waals surface area contributed by atoms with Gasteiger partial charge in [-0.15, -0.1) is 0 Å². The molecule has 0 aromatic carbocycles. The summed E-state index contributed by atoms with van der Waals surface area (Å²) in [6.45, 7) is 4.67. The van der Waals surface area contributed by atoms with Gasteiger partial charge in [0, 0.05) is 6.42 Å². The molecule has 0 heterocycles. The van der Waals surface area contributed by atoms with Crippen LogP contribution >= 0.6 is 7.82 Å². The van der Waals surface area contributed by atoms with Crippen LogP contribution in [0.25, 0.3) is 0 Å². The largest absolute Gasteiger partial charge is 0.756 e. The van der Waals surface area contributed by atoms with Gasteiger partial charge in [0.1, 0.15) is 13.2 Å². The van der Waals surface area contributed by atoms with Crippen molar-refractivity contribution >= 4 is 13.7 Å². The van der Waals surface area contributed by atoms with Crippen LogP contribution in [0.5, 0.6) is 0 Å². The molecule has 0 bridgehead atoms. The zero-order valence-corrected chi connectivity index (χ0v) is 46.0. The molecule has 0 aromatic rings. The molecule has 396 valence electrons. The van der Waals surface area contributed by atoms with E-state index in [0.717, 1.165) is 44.9 Å². The molecule has 0 aromatic heterocycles. The van der Waals surface area contributed by atoms with Crippen LogP contribution in [0.2, 0.25) is 0 Å². The highest BCUT2D eigenvalue weighted by atomic mass is 31.2. The summed E-state index contributed by atoms with van der Waals surface area (Å²) in [4.78, 5) is 25.5.